The number of nitrogens with zero attached hydrogens (tertiary/aromatic N) is 2. The Morgan fingerprint density at radius 2 is 1.74 bits per heavy atom. The SMILES string of the molecule is CCOc1ccccc1-c1cc(-c2cc(CC(=O)O)ccc2OCc2cccc(Cl)c2)nn1C[C@H](O)CC. The first-order chi connectivity index (χ1) is 18.4. The van der Waals surface area contributed by atoms with Crippen molar-refractivity contribution < 1.29 is 24.5 Å². The van der Waals surface area contributed by atoms with Crippen LogP contribution in [0, 0.1) is 0 Å². The van der Waals surface area contributed by atoms with E-state index in [1.807, 2.05) is 62.4 Å². The van der Waals surface area contributed by atoms with E-state index in [9.17, 15) is 15.0 Å². The first kappa shape index (κ1) is 27.2. The summed E-state index contributed by atoms with van der Waals surface area (Å²) < 4.78 is 13.8. The number of carbonyl (C=O) groups is 1. The fourth-order valence-corrected chi connectivity index (χ4v) is 4.38. The van der Waals surface area contributed by atoms with Gasteiger partial charge in [-0.05, 0) is 66.9 Å². The van der Waals surface area contributed by atoms with Crippen molar-refractivity contribution in [1.82, 2.24) is 9.78 Å². The van der Waals surface area contributed by atoms with Crippen LogP contribution in [0.4, 0.5) is 0 Å². The molecule has 0 spiro atoms. The average Bonchev–Trinajstić information content (AvgIpc) is 3.31. The van der Waals surface area contributed by atoms with E-state index in [-0.39, 0.29) is 13.0 Å². The molecule has 0 saturated carbocycles. The van der Waals surface area contributed by atoms with Crippen molar-refractivity contribution in [2.24, 2.45) is 0 Å². The second-order valence-electron chi connectivity index (χ2n) is 8.91. The molecule has 0 unspecified atom stereocenters. The first-order valence-corrected chi connectivity index (χ1v) is 13.0. The molecule has 0 aliphatic rings. The number of ether oxygens (including phenoxy) is 2. The fourth-order valence-electron chi connectivity index (χ4n) is 4.17. The van der Waals surface area contributed by atoms with Gasteiger partial charge in [0.2, 0.25) is 0 Å². The molecule has 0 aliphatic carbocycles. The molecule has 0 saturated heterocycles. The van der Waals surface area contributed by atoms with Crippen LogP contribution in [-0.4, -0.2) is 38.7 Å². The second-order valence-corrected chi connectivity index (χ2v) is 9.34. The number of halogens is 1. The number of carboxylic acid groups (broad SMARTS) is 1. The van der Waals surface area contributed by atoms with E-state index in [0.717, 1.165) is 16.8 Å². The zero-order valence-electron chi connectivity index (χ0n) is 21.4. The van der Waals surface area contributed by atoms with E-state index >= 15 is 0 Å². The minimum atomic E-state index is -0.925. The highest BCUT2D eigenvalue weighted by Crippen LogP contribution is 2.37. The minimum Gasteiger partial charge on any atom is -0.493 e. The van der Waals surface area contributed by atoms with Crippen LogP contribution >= 0.6 is 11.6 Å². The Kier molecular flexibility index (Phi) is 9.05. The Bertz CT molecular complexity index is 1400. The largest absolute Gasteiger partial charge is 0.493 e. The number of rotatable bonds is 12. The van der Waals surface area contributed by atoms with E-state index in [2.05, 4.69) is 0 Å². The molecule has 0 fully saturated rings. The monoisotopic (exact) mass is 534 g/mol. The van der Waals surface area contributed by atoms with Crippen LogP contribution in [0.3, 0.4) is 0 Å². The van der Waals surface area contributed by atoms with Crippen molar-refractivity contribution in [2.45, 2.75) is 45.9 Å². The van der Waals surface area contributed by atoms with Crippen molar-refractivity contribution in [1.29, 1.82) is 0 Å². The van der Waals surface area contributed by atoms with Crippen LogP contribution in [0.2, 0.25) is 5.02 Å². The molecule has 2 N–H and O–H groups in total. The van der Waals surface area contributed by atoms with Gasteiger partial charge < -0.3 is 19.7 Å². The summed E-state index contributed by atoms with van der Waals surface area (Å²) in [6.45, 7) is 4.92. The Balaban J connectivity index is 1.80. The van der Waals surface area contributed by atoms with E-state index in [0.29, 0.717) is 52.9 Å². The maximum absolute atomic E-state index is 11.4. The maximum atomic E-state index is 11.4. The van der Waals surface area contributed by atoms with Crippen molar-refractivity contribution in [3.8, 4) is 34.0 Å². The van der Waals surface area contributed by atoms with Crippen LogP contribution in [0.25, 0.3) is 22.5 Å². The maximum Gasteiger partial charge on any atom is 0.307 e. The molecule has 1 aromatic heterocycles. The molecule has 1 atom stereocenters. The predicted octanol–water partition coefficient (Wildman–Crippen LogP) is 6.25. The third kappa shape index (κ3) is 6.73. The van der Waals surface area contributed by atoms with Gasteiger partial charge in [-0.15, -0.1) is 0 Å². The summed E-state index contributed by atoms with van der Waals surface area (Å²) in [5, 5.41) is 25.3. The molecule has 4 rings (SSSR count). The van der Waals surface area contributed by atoms with Gasteiger partial charge in [-0.3, -0.25) is 9.48 Å². The standard InChI is InChI=1S/C30H31ClN2O5/c1-3-23(34)18-33-27(24-10-5-6-11-28(24)37-4-2)17-26(32-33)25-15-20(16-30(35)36)12-13-29(25)38-19-21-8-7-9-22(31)14-21/h5-15,17,23,34H,3-4,16,18-19H2,1-2H3,(H,35,36)/t23-/m1/s1. The summed E-state index contributed by atoms with van der Waals surface area (Å²) in [4.78, 5) is 11.4. The molecule has 7 nitrogen and oxygen atoms in total. The van der Waals surface area contributed by atoms with Gasteiger partial charge in [0.15, 0.2) is 0 Å². The lowest BCUT2D eigenvalue weighted by Gasteiger charge is -2.14. The van der Waals surface area contributed by atoms with E-state index < -0.39 is 12.1 Å². The quantitative estimate of drug-likeness (QED) is 0.223. The third-order valence-corrected chi connectivity index (χ3v) is 6.29. The van der Waals surface area contributed by atoms with Gasteiger partial charge in [-0.1, -0.05) is 48.9 Å². The van der Waals surface area contributed by atoms with Gasteiger partial charge >= 0.3 is 5.97 Å². The van der Waals surface area contributed by atoms with Crippen LogP contribution in [0.15, 0.2) is 72.8 Å². The fraction of sp³-hybridized carbons (Fsp3) is 0.267. The number of aliphatic carboxylic acids is 1. The number of aromatic nitrogens is 2. The third-order valence-electron chi connectivity index (χ3n) is 6.06. The number of aliphatic hydroxyl groups is 1. The highest BCUT2D eigenvalue weighted by molar-refractivity contribution is 6.30. The highest BCUT2D eigenvalue weighted by atomic mass is 35.5. The second kappa shape index (κ2) is 12.6. The van der Waals surface area contributed by atoms with E-state index in [1.54, 1.807) is 28.9 Å². The lowest BCUT2D eigenvalue weighted by Crippen LogP contribution is -2.16. The number of para-hydroxylation sites is 1. The van der Waals surface area contributed by atoms with Crippen molar-refractivity contribution in [2.75, 3.05) is 6.61 Å². The summed E-state index contributed by atoms with van der Waals surface area (Å²) in [6.07, 6.45) is -0.140. The molecule has 0 amide bonds. The Morgan fingerprint density at radius 3 is 2.47 bits per heavy atom. The minimum absolute atomic E-state index is 0.128. The predicted molar refractivity (Wildman–Crippen MR) is 148 cm³/mol. The molecule has 4 aromatic rings. The van der Waals surface area contributed by atoms with Crippen LogP contribution in [-0.2, 0) is 24.4 Å². The normalized spacial score (nSPS) is 11.8. The molecule has 1 heterocycles. The van der Waals surface area contributed by atoms with Gasteiger partial charge in [0.05, 0.1) is 37.1 Å². The molecular formula is C30H31ClN2O5. The molecule has 3 aromatic carbocycles. The first-order valence-electron chi connectivity index (χ1n) is 12.6. The lowest BCUT2D eigenvalue weighted by molar-refractivity contribution is -0.136. The molecule has 0 aliphatic heterocycles. The van der Waals surface area contributed by atoms with E-state index in [1.165, 1.54) is 0 Å². The lowest BCUT2D eigenvalue weighted by atomic mass is 10.0. The van der Waals surface area contributed by atoms with Gasteiger partial charge in [-0.2, -0.15) is 5.10 Å². The van der Waals surface area contributed by atoms with Crippen LogP contribution < -0.4 is 9.47 Å². The topological polar surface area (TPSA) is 93.8 Å². The highest BCUT2D eigenvalue weighted by Gasteiger charge is 2.20. The van der Waals surface area contributed by atoms with Crippen molar-refractivity contribution in [3.05, 3.63) is 88.9 Å². The number of hydrogen-bond donors (Lipinski definition) is 2. The van der Waals surface area contributed by atoms with Gasteiger partial charge in [0.1, 0.15) is 18.1 Å². The van der Waals surface area contributed by atoms with Crippen LogP contribution in [0.5, 0.6) is 11.5 Å². The number of carboxylic acids is 1. The van der Waals surface area contributed by atoms with Crippen molar-refractivity contribution >= 4 is 17.6 Å². The molecule has 0 bridgehead atoms. The van der Waals surface area contributed by atoms with Gasteiger partial charge in [0.25, 0.3) is 0 Å². The van der Waals surface area contributed by atoms with Crippen molar-refractivity contribution in [3.63, 3.8) is 0 Å². The smallest absolute Gasteiger partial charge is 0.307 e. The Hall–Kier alpha value is -3.81. The summed E-state index contributed by atoms with van der Waals surface area (Å²) in [5.41, 5.74) is 4.41. The van der Waals surface area contributed by atoms with Crippen LogP contribution in [0.1, 0.15) is 31.4 Å². The summed E-state index contributed by atoms with van der Waals surface area (Å²) in [5.74, 6) is 0.349. The average molecular weight is 535 g/mol. The zero-order chi connectivity index (χ0) is 27.1. The number of hydrogen-bond acceptors (Lipinski definition) is 5. The summed E-state index contributed by atoms with van der Waals surface area (Å²) >= 11 is 6.14. The zero-order valence-corrected chi connectivity index (χ0v) is 22.2. The van der Waals surface area contributed by atoms with Gasteiger partial charge in [0, 0.05) is 16.1 Å². The number of benzene rings is 3. The molecule has 198 valence electrons. The van der Waals surface area contributed by atoms with Gasteiger partial charge in [-0.25, -0.2) is 0 Å². The molecule has 38 heavy (non-hydrogen) atoms. The molecule has 0 radical (unpaired) electrons. The van der Waals surface area contributed by atoms with E-state index in [4.69, 9.17) is 26.2 Å². The molecular weight excluding hydrogens is 504 g/mol. The molecule has 8 heteroatoms. The summed E-state index contributed by atoms with van der Waals surface area (Å²) in [7, 11) is 0. The Morgan fingerprint density at radius 1 is 0.947 bits per heavy atom. The Labute approximate surface area is 227 Å². The summed E-state index contributed by atoms with van der Waals surface area (Å²) in [6, 6.07) is 22.4. The number of aliphatic hydroxyl groups excluding tert-OH is 1.